The molecular formula is C10H11ClFNO3S. The fourth-order valence-corrected chi connectivity index (χ4v) is 3.56. The maximum Gasteiger partial charge on any atom is 0.254 e. The van der Waals surface area contributed by atoms with E-state index in [1.54, 1.807) is 0 Å². The van der Waals surface area contributed by atoms with Crippen LogP contribution in [0.1, 0.15) is 18.4 Å². The highest BCUT2D eigenvalue weighted by molar-refractivity contribution is 7.91. The van der Waals surface area contributed by atoms with Gasteiger partial charge in [-0.2, -0.15) is 0 Å². The lowest BCUT2D eigenvalue weighted by Gasteiger charge is -2.28. The second-order valence-corrected chi connectivity index (χ2v) is 6.92. The Bertz CT molecular complexity index is 582. The Morgan fingerprint density at radius 3 is 2.53 bits per heavy atom. The molecule has 1 aliphatic heterocycles. The predicted octanol–water partition coefficient (Wildman–Crippen LogP) is 1.40. The van der Waals surface area contributed by atoms with Crippen LogP contribution in [0.25, 0.3) is 0 Å². The molecule has 0 saturated carbocycles. The molecule has 1 saturated heterocycles. The van der Waals surface area contributed by atoms with Crippen LogP contribution in [0.4, 0.5) is 4.39 Å². The Kier molecular flexibility index (Phi) is 3.03. The van der Waals surface area contributed by atoms with Gasteiger partial charge in [0.2, 0.25) is 0 Å². The molecule has 1 N–H and O–H groups in total. The van der Waals surface area contributed by atoms with Crippen molar-refractivity contribution in [1.82, 2.24) is 4.98 Å². The Morgan fingerprint density at radius 1 is 1.35 bits per heavy atom. The molecule has 94 valence electrons. The highest BCUT2D eigenvalue weighted by Crippen LogP contribution is 2.36. The number of sulfone groups is 1. The first-order valence-electron chi connectivity index (χ1n) is 5.10. The summed E-state index contributed by atoms with van der Waals surface area (Å²) in [5.74, 6) is -0.481. The van der Waals surface area contributed by atoms with Crippen molar-refractivity contribution >= 4 is 21.4 Å². The van der Waals surface area contributed by atoms with E-state index in [0.717, 1.165) is 0 Å². The maximum atomic E-state index is 14.5. The first-order chi connectivity index (χ1) is 7.82. The smallest absolute Gasteiger partial charge is 0.254 e. The summed E-state index contributed by atoms with van der Waals surface area (Å²) in [5.41, 5.74) is -2.54. The second kappa shape index (κ2) is 4.10. The van der Waals surface area contributed by atoms with E-state index in [-0.39, 0.29) is 34.9 Å². The Hall–Kier alpha value is -0.880. The van der Waals surface area contributed by atoms with Gasteiger partial charge in [0.1, 0.15) is 5.67 Å². The van der Waals surface area contributed by atoms with E-state index in [1.807, 2.05) is 0 Å². The number of hydrogen-bond donors (Lipinski definition) is 1. The van der Waals surface area contributed by atoms with Gasteiger partial charge in [0, 0.05) is 6.20 Å². The minimum atomic E-state index is -3.17. The summed E-state index contributed by atoms with van der Waals surface area (Å²) in [6.45, 7) is 0. The van der Waals surface area contributed by atoms with Crippen molar-refractivity contribution in [2.75, 3.05) is 11.5 Å². The van der Waals surface area contributed by atoms with Gasteiger partial charge in [-0.25, -0.2) is 12.8 Å². The van der Waals surface area contributed by atoms with Crippen molar-refractivity contribution < 1.29 is 12.8 Å². The Morgan fingerprint density at radius 2 is 1.94 bits per heavy atom. The highest BCUT2D eigenvalue weighted by atomic mass is 35.5. The summed E-state index contributed by atoms with van der Waals surface area (Å²) in [4.78, 5) is 13.9. The topological polar surface area (TPSA) is 67.0 Å². The second-order valence-electron chi connectivity index (χ2n) is 4.18. The molecule has 4 nitrogen and oxygen atoms in total. The molecule has 0 aromatic carbocycles. The molecule has 2 rings (SSSR count). The van der Waals surface area contributed by atoms with Crippen LogP contribution in [0.2, 0.25) is 5.02 Å². The van der Waals surface area contributed by atoms with E-state index in [9.17, 15) is 17.6 Å². The molecule has 0 unspecified atom stereocenters. The summed E-state index contributed by atoms with van der Waals surface area (Å²) in [7, 11) is -3.17. The van der Waals surface area contributed by atoms with E-state index >= 15 is 0 Å². The molecule has 2 heterocycles. The number of aromatic nitrogens is 1. The van der Waals surface area contributed by atoms with Crippen LogP contribution in [0.5, 0.6) is 0 Å². The van der Waals surface area contributed by atoms with Crippen molar-refractivity contribution in [1.29, 1.82) is 0 Å². The van der Waals surface area contributed by atoms with Crippen LogP contribution < -0.4 is 5.56 Å². The summed E-state index contributed by atoms with van der Waals surface area (Å²) in [5, 5.41) is 0.227. The fraction of sp³-hybridized carbons (Fsp3) is 0.500. The molecule has 1 aromatic rings. The molecule has 1 fully saturated rings. The average Bonchev–Trinajstić information content (AvgIpc) is 2.26. The van der Waals surface area contributed by atoms with Gasteiger partial charge in [0.25, 0.3) is 5.56 Å². The third-order valence-corrected chi connectivity index (χ3v) is 4.84. The number of hydrogen-bond acceptors (Lipinski definition) is 3. The fourth-order valence-electron chi connectivity index (χ4n) is 1.92. The number of rotatable bonds is 1. The van der Waals surface area contributed by atoms with Gasteiger partial charge in [-0.05, 0) is 18.9 Å². The largest absolute Gasteiger partial charge is 0.327 e. The van der Waals surface area contributed by atoms with Gasteiger partial charge in [0.05, 0.1) is 22.1 Å². The third-order valence-electron chi connectivity index (χ3n) is 2.97. The van der Waals surface area contributed by atoms with E-state index in [0.29, 0.717) is 0 Å². The molecular weight excluding hydrogens is 269 g/mol. The van der Waals surface area contributed by atoms with Gasteiger partial charge < -0.3 is 4.98 Å². The molecule has 0 spiro atoms. The van der Waals surface area contributed by atoms with Gasteiger partial charge in [-0.15, -0.1) is 0 Å². The quantitative estimate of drug-likeness (QED) is 0.845. The summed E-state index contributed by atoms with van der Waals surface area (Å²) in [6, 6.07) is 1.26. The first kappa shape index (κ1) is 12.6. The van der Waals surface area contributed by atoms with Gasteiger partial charge >= 0.3 is 0 Å². The first-order valence-corrected chi connectivity index (χ1v) is 7.30. The highest BCUT2D eigenvalue weighted by Gasteiger charge is 2.40. The van der Waals surface area contributed by atoms with Crippen molar-refractivity contribution in [3.8, 4) is 0 Å². The minimum Gasteiger partial charge on any atom is -0.327 e. The number of aromatic amines is 1. The van der Waals surface area contributed by atoms with E-state index in [1.165, 1.54) is 12.3 Å². The Balaban J connectivity index is 2.40. The van der Waals surface area contributed by atoms with Crippen molar-refractivity contribution in [2.24, 2.45) is 0 Å². The van der Waals surface area contributed by atoms with Crippen LogP contribution in [-0.4, -0.2) is 24.9 Å². The lowest BCUT2D eigenvalue weighted by atomic mass is 9.91. The lowest BCUT2D eigenvalue weighted by Crippen LogP contribution is -2.37. The van der Waals surface area contributed by atoms with Gasteiger partial charge in [-0.1, -0.05) is 11.6 Å². The zero-order valence-electron chi connectivity index (χ0n) is 8.87. The SMILES string of the molecule is O=c1[nH]cc(Cl)cc1C1(F)CCS(=O)(=O)CC1. The summed E-state index contributed by atoms with van der Waals surface area (Å²) < 4.78 is 37.0. The Labute approximate surface area is 103 Å². The molecule has 1 aromatic heterocycles. The predicted molar refractivity (Wildman–Crippen MR) is 62.7 cm³/mol. The van der Waals surface area contributed by atoms with E-state index in [4.69, 9.17) is 11.6 Å². The molecule has 0 atom stereocenters. The molecule has 1 aliphatic rings. The molecule has 0 bridgehead atoms. The normalized spacial score (nSPS) is 22.2. The molecule has 7 heteroatoms. The van der Waals surface area contributed by atoms with Crippen LogP contribution in [0.3, 0.4) is 0 Å². The minimum absolute atomic E-state index is 0.0834. The summed E-state index contributed by atoms with van der Waals surface area (Å²) in [6.07, 6.45) is 0.883. The third kappa shape index (κ3) is 2.52. The maximum absolute atomic E-state index is 14.5. The van der Waals surface area contributed by atoms with Crippen LogP contribution in [0, 0.1) is 0 Å². The zero-order valence-corrected chi connectivity index (χ0v) is 10.4. The van der Waals surface area contributed by atoms with Crippen LogP contribution in [-0.2, 0) is 15.5 Å². The molecule has 0 radical (unpaired) electrons. The van der Waals surface area contributed by atoms with Crippen LogP contribution >= 0.6 is 11.6 Å². The number of H-pyrrole nitrogens is 1. The van der Waals surface area contributed by atoms with E-state index < -0.39 is 21.1 Å². The number of halogens is 2. The monoisotopic (exact) mass is 279 g/mol. The number of pyridine rings is 1. The summed E-state index contributed by atoms with van der Waals surface area (Å²) >= 11 is 5.70. The van der Waals surface area contributed by atoms with Crippen molar-refractivity contribution in [2.45, 2.75) is 18.5 Å². The number of nitrogens with one attached hydrogen (secondary N) is 1. The standard InChI is InChI=1S/C10H11ClFNO3S/c11-7-5-8(9(14)13-6-7)10(12)1-3-17(15,16)4-2-10/h5-6H,1-4H2,(H,13,14). The molecule has 17 heavy (non-hydrogen) atoms. The lowest BCUT2D eigenvalue weighted by molar-refractivity contribution is 0.146. The van der Waals surface area contributed by atoms with E-state index in [2.05, 4.69) is 4.98 Å². The van der Waals surface area contributed by atoms with Crippen molar-refractivity contribution in [3.05, 3.63) is 33.2 Å². The zero-order chi connectivity index (χ0) is 12.7. The molecule has 0 amide bonds. The average molecular weight is 280 g/mol. The molecule has 0 aliphatic carbocycles. The van der Waals surface area contributed by atoms with Gasteiger partial charge in [0.15, 0.2) is 9.84 Å². The number of alkyl halides is 1. The van der Waals surface area contributed by atoms with Crippen LogP contribution in [0.15, 0.2) is 17.1 Å². The van der Waals surface area contributed by atoms with Crippen molar-refractivity contribution in [3.63, 3.8) is 0 Å². The van der Waals surface area contributed by atoms with Gasteiger partial charge in [-0.3, -0.25) is 4.79 Å².